The summed E-state index contributed by atoms with van der Waals surface area (Å²) >= 11 is 0. The molecular weight excluding hydrogens is 235 g/mol. The van der Waals surface area contributed by atoms with Crippen molar-refractivity contribution in [2.45, 2.75) is 24.8 Å². The smallest absolute Gasteiger partial charge is 0.258 e. The van der Waals surface area contributed by atoms with Crippen molar-refractivity contribution in [3.8, 4) is 5.75 Å². The summed E-state index contributed by atoms with van der Waals surface area (Å²) in [6, 6.07) is 4.29. The molecule has 2 rings (SSSR count). The first-order valence-corrected chi connectivity index (χ1v) is 5.95. The molecule has 1 amide bonds. The van der Waals surface area contributed by atoms with E-state index in [0.29, 0.717) is 6.54 Å². The molecule has 1 aliphatic rings. The van der Waals surface area contributed by atoms with E-state index in [9.17, 15) is 9.18 Å². The minimum absolute atomic E-state index is 0.0667. The number of carbonyl (C=O) groups excluding carboxylic acids is 1. The van der Waals surface area contributed by atoms with Crippen LogP contribution in [0.2, 0.25) is 0 Å². The molecule has 0 heterocycles. The lowest BCUT2D eigenvalue weighted by Crippen LogP contribution is -2.55. The van der Waals surface area contributed by atoms with Gasteiger partial charge < -0.3 is 15.8 Å². The van der Waals surface area contributed by atoms with E-state index in [2.05, 4.69) is 5.32 Å². The second-order valence-corrected chi connectivity index (χ2v) is 4.72. The molecule has 0 spiro atoms. The molecule has 1 aliphatic carbocycles. The summed E-state index contributed by atoms with van der Waals surface area (Å²) in [4.78, 5) is 11.9. The quantitative estimate of drug-likeness (QED) is 0.852. The standard InChI is InChI=1S/C13H17FN2O2/c1-18-10-5-2-4-9(14)11(10)12(17)16-8-13(15)6-3-7-13/h2,4-5H,3,6-8,15H2,1H3,(H,16,17). The van der Waals surface area contributed by atoms with Gasteiger partial charge in [-0.05, 0) is 31.4 Å². The molecule has 3 N–H and O–H groups in total. The third-order valence-corrected chi connectivity index (χ3v) is 3.37. The zero-order chi connectivity index (χ0) is 13.2. The van der Waals surface area contributed by atoms with Crippen LogP contribution >= 0.6 is 0 Å². The number of carbonyl (C=O) groups is 1. The average Bonchev–Trinajstić information content (AvgIpc) is 2.33. The van der Waals surface area contributed by atoms with Crippen molar-refractivity contribution in [2.75, 3.05) is 13.7 Å². The van der Waals surface area contributed by atoms with Crippen LogP contribution in [0.4, 0.5) is 4.39 Å². The Hall–Kier alpha value is -1.62. The number of hydrogen-bond acceptors (Lipinski definition) is 3. The first-order valence-electron chi connectivity index (χ1n) is 5.95. The minimum atomic E-state index is -0.591. The monoisotopic (exact) mass is 252 g/mol. The molecule has 1 aromatic carbocycles. The summed E-state index contributed by atoms with van der Waals surface area (Å²) < 4.78 is 18.6. The van der Waals surface area contributed by atoms with Crippen LogP contribution in [0, 0.1) is 5.82 Å². The lowest BCUT2D eigenvalue weighted by Gasteiger charge is -2.38. The number of benzene rings is 1. The zero-order valence-electron chi connectivity index (χ0n) is 10.3. The van der Waals surface area contributed by atoms with Gasteiger partial charge in [-0.3, -0.25) is 4.79 Å². The fourth-order valence-electron chi connectivity index (χ4n) is 2.05. The molecular formula is C13H17FN2O2. The van der Waals surface area contributed by atoms with Gasteiger partial charge in [0.1, 0.15) is 17.1 Å². The van der Waals surface area contributed by atoms with Gasteiger partial charge in [0.2, 0.25) is 0 Å². The number of nitrogens with one attached hydrogen (secondary N) is 1. The van der Waals surface area contributed by atoms with Gasteiger partial charge in [-0.2, -0.15) is 0 Å². The topological polar surface area (TPSA) is 64.3 Å². The van der Waals surface area contributed by atoms with Gasteiger partial charge in [0, 0.05) is 12.1 Å². The predicted octanol–water partition coefficient (Wildman–Crippen LogP) is 1.45. The van der Waals surface area contributed by atoms with Crippen molar-refractivity contribution in [1.29, 1.82) is 0 Å². The first-order chi connectivity index (χ1) is 8.56. The van der Waals surface area contributed by atoms with E-state index < -0.39 is 11.7 Å². The summed E-state index contributed by atoms with van der Waals surface area (Å²) in [5.74, 6) is -0.847. The molecule has 4 nitrogen and oxygen atoms in total. The lowest BCUT2D eigenvalue weighted by atomic mass is 9.78. The number of methoxy groups -OCH3 is 1. The van der Waals surface area contributed by atoms with Crippen LogP contribution in [0.15, 0.2) is 18.2 Å². The van der Waals surface area contributed by atoms with Crippen LogP contribution in [0.25, 0.3) is 0 Å². The van der Waals surface area contributed by atoms with E-state index in [0.717, 1.165) is 19.3 Å². The lowest BCUT2D eigenvalue weighted by molar-refractivity contribution is 0.0922. The van der Waals surface area contributed by atoms with Gasteiger partial charge in [-0.15, -0.1) is 0 Å². The molecule has 0 bridgehead atoms. The van der Waals surface area contributed by atoms with Crippen molar-refractivity contribution < 1.29 is 13.9 Å². The minimum Gasteiger partial charge on any atom is -0.496 e. The maximum absolute atomic E-state index is 13.6. The second-order valence-electron chi connectivity index (χ2n) is 4.72. The van der Waals surface area contributed by atoms with Crippen LogP contribution < -0.4 is 15.8 Å². The molecule has 0 aliphatic heterocycles. The highest BCUT2D eigenvalue weighted by Crippen LogP contribution is 2.28. The van der Waals surface area contributed by atoms with Crippen molar-refractivity contribution >= 4 is 5.91 Å². The number of halogens is 1. The third-order valence-electron chi connectivity index (χ3n) is 3.37. The average molecular weight is 252 g/mol. The van der Waals surface area contributed by atoms with E-state index in [1.54, 1.807) is 6.07 Å². The van der Waals surface area contributed by atoms with Crippen LogP contribution in [0.3, 0.4) is 0 Å². The Morgan fingerprint density at radius 1 is 1.56 bits per heavy atom. The van der Waals surface area contributed by atoms with Gasteiger partial charge >= 0.3 is 0 Å². The summed E-state index contributed by atoms with van der Waals surface area (Å²) in [6.45, 7) is 0.364. The molecule has 0 radical (unpaired) electrons. The Bertz CT molecular complexity index is 458. The van der Waals surface area contributed by atoms with Crippen molar-refractivity contribution in [3.63, 3.8) is 0 Å². The van der Waals surface area contributed by atoms with Crippen molar-refractivity contribution in [1.82, 2.24) is 5.32 Å². The summed E-state index contributed by atoms with van der Waals surface area (Å²) in [5, 5.41) is 2.67. The summed E-state index contributed by atoms with van der Waals surface area (Å²) in [6.07, 6.45) is 2.86. The molecule has 0 unspecified atom stereocenters. The van der Waals surface area contributed by atoms with Gasteiger partial charge in [0.05, 0.1) is 7.11 Å². The van der Waals surface area contributed by atoms with Crippen LogP contribution in [0.1, 0.15) is 29.6 Å². The van der Waals surface area contributed by atoms with Gasteiger partial charge in [-0.1, -0.05) is 6.07 Å². The third kappa shape index (κ3) is 2.46. The molecule has 0 aromatic heterocycles. The molecule has 1 aromatic rings. The Labute approximate surface area is 105 Å². The largest absolute Gasteiger partial charge is 0.496 e. The van der Waals surface area contributed by atoms with Crippen LogP contribution in [-0.2, 0) is 0 Å². The van der Waals surface area contributed by atoms with E-state index in [1.807, 2.05) is 0 Å². The maximum Gasteiger partial charge on any atom is 0.258 e. The molecule has 1 fully saturated rings. The number of ether oxygens (including phenoxy) is 1. The van der Waals surface area contributed by atoms with Gasteiger partial charge in [-0.25, -0.2) is 4.39 Å². The predicted molar refractivity (Wildman–Crippen MR) is 66.1 cm³/mol. The Morgan fingerprint density at radius 2 is 2.28 bits per heavy atom. The van der Waals surface area contributed by atoms with Gasteiger partial charge in [0.15, 0.2) is 0 Å². The Balaban J connectivity index is 2.08. The first kappa shape index (κ1) is 12.8. The second kappa shape index (κ2) is 4.94. The highest BCUT2D eigenvalue weighted by Gasteiger charge is 2.33. The fourth-order valence-corrected chi connectivity index (χ4v) is 2.05. The summed E-state index contributed by atoms with van der Waals surface area (Å²) in [5.41, 5.74) is 5.61. The van der Waals surface area contributed by atoms with E-state index in [-0.39, 0.29) is 16.9 Å². The highest BCUT2D eigenvalue weighted by molar-refractivity contribution is 5.97. The van der Waals surface area contributed by atoms with E-state index >= 15 is 0 Å². The molecule has 98 valence electrons. The Kier molecular flexibility index (Phi) is 3.52. The molecule has 1 saturated carbocycles. The summed E-state index contributed by atoms with van der Waals surface area (Å²) in [7, 11) is 1.40. The van der Waals surface area contributed by atoms with Crippen molar-refractivity contribution in [2.24, 2.45) is 5.73 Å². The number of nitrogens with two attached hydrogens (primary N) is 1. The number of rotatable bonds is 4. The van der Waals surface area contributed by atoms with Crippen LogP contribution in [0.5, 0.6) is 5.75 Å². The molecule has 18 heavy (non-hydrogen) atoms. The SMILES string of the molecule is COc1cccc(F)c1C(=O)NCC1(N)CCC1. The maximum atomic E-state index is 13.6. The zero-order valence-corrected chi connectivity index (χ0v) is 10.3. The Morgan fingerprint density at radius 3 is 2.83 bits per heavy atom. The van der Waals surface area contributed by atoms with Gasteiger partial charge in [0.25, 0.3) is 5.91 Å². The normalized spacial score (nSPS) is 16.8. The van der Waals surface area contributed by atoms with E-state index in [4.69, 9.17) is 10.5 Å². The van der Waals surface area contributed by atoms with E-state index in [1.165, 1.54) is 19.2 Å². The molecule has 0 atom stereocenters. The fraction of sp³-hybridized carbons (Fsp3) is 0.462. The highest BCUT2D eigenvalue weighted by atomic mass is 19.1. The number of hydrogen-bond donors (Lipinski definition) is 2. The number of amides is 1. The van der Waals surface area contributed by atoms with Crippen LogP contribution in [-0.4, -0.2) is 25.1 Å². The molecule has 5 heteroatoms. The van der Waals surface area contributed by atoms with Crippen molar-refractivity contribution in [3.05, 3.63) is 29.6 Å². The molecule has 0 saturated heterocycles.